The normalized spacial score (nSPS) is 16.8. The van der Waals surface area contributed by atoms with Crippen LogP contribution in [0.3, 0.4) is 0 Å². The van der Waals surface area contributed by atoms with Crippen LogP contribution in [-0.2, 0) is 4.79 Å². The molecule has 1 atom stereocenters. The van der Waals surface area contributed by atoms with E-state index in [4.69, 9.17) is 16.3 Å². The summed E-state index contributed by atoms with van der Waals surface area (Å²) in [6.07, 6.45) is 0.321. The van der Waals surface area contributed by atoms with Crippen molar-refractivity contribution < 1.29 is 9.53 Å². The van der Waals surface area contributed by atoms with Crippen LogP contribution in [0.25, 0.3) is 10.8 Å². The van der Waals surface area contributed by atoms with Gasteiger partial charge in [-0.2, -0.15) is 0 Å². The second-order valence-electron chi connectivity index (χ2n) is 6.08. The van der Waals surface area contributed by atoms with Crippen molar-refractivity contribution in [3.05, 3.63) is 74.7 Å². The van der Waals surface area contributed by atoms with Crippen molar-refractivity contribution in [2.75, 3.05) is 0 Å². The number of fused-ring (bicyclic) bond motifs is 3. The number of aryl methyl sites for hydroxylation is 1. The van der Waals surface area contributed by atoms with Crippen molar-refractivity contribution in [3.8, 4) is 5.75 Å². The van der Waals surface area contributed by atoms with E-state index in [9.17, 15) is 4.79 Å². The molecular formula is C20H14BrClO2. The maximum atomic E-state index is 12.1. The molecule has 0 aromatic heterocycles. The van der Waals surface area contributed by atoms with Crippen molar-refractivity contribution in [2.45, 2.75) is 19.3 Å². The zero-order chi connectivity index (χ0) is 16.8. The molecule has 1 aliphatic heterocycles. The summed E-state index contributed by atoms with van der Waals surface area (Å²) < 4.78 is 6.52. The number of esters is 1. The average molecular weight is 402 g/mol. The molecule has 4 rings (SSSR count). The molecule has 2 nitrogen and oxygen atoms in total. The number of benzene rings is 3. The predicted octanol–water partition coefficient (Wildman–Crippen LogP) is 6.01. The molecule has 120 valence electrons. The number of ether oxygens (including phenoxy) is 1. The Morgan fingerprint density at radius 1 is 1.12 bits per heavy atom. The van der Waals surface area contributed by atoms with Crippen LogP contribution in [0.2, 0.25) is 5.02 Å². The van der Waals surface area contributed by atoms with Gasteiger partial charge in [-0.15, -0.1) is 0 Å². The van der Waals surface area contributed by atoms with Gasteiger partial charge >= 0.3 is 5.97 Å². The summed E-state index contributed by atoms with van der Waals surface area (Å²) in [6.45, 7) is 1.97. The summed E-state index contributed by atoms with van der Waals surface area (Å²) in [5.41, 5.74) is 3.12. The van der Waals surface area contributed by atoms with Crippen molar-refractivity contribution in [3.63, 3.8) is 0 Å². The third kappa shape index (κ3) is 2.62. The number of hydrogen-bond donors (Lipinski definition) is 0. The molecule has 0 aliphatic carbocycles. The maximum Gasteiger partial charge on any atom is 0.312 e. The molecule has 0 amide bonds. The van der Waals surface area contributed by atoms with Crippen molar-refractivity contribution in [2.24, 2.45) is 0 Å². The average Bonchev–Trinajstić information content (AvgIpc) is 2.56. The van der Waals surface area contributed by atoms with Crippen LogP contribution in [0.4, 0.5) is 0 Å². The second-order valence-corrected chi connectivity index (χ2v) is 7.41. The molecule has 1 heterocycles. The largest absolute Gasteiger partial charge is 0.426 e. The Morgan fingerprint density at radius 2 is 1.96 bits per heavy atom. The highest BCUT2D eigenvalue weighted by Gasteiger charge is 2.30. The predicted molar refractivity (Wildman–Crippen MR) is 99.9 cm³/mol. The smallest absolute Gasteiger partial charge is 0.312 e. The molecule has 1 unspecified atom stereocenters. The van der Waals surface area contributed by atoms with E-state index in [1.54, 1.807) is 0 Å². The molecule has 24 heavy (non-hydrogen) atoms. The highest BCUT2D eigenvalue weighted by Crippen LogP contribution is 2.43. The summed E-state index contributed by atoms with van der Waals surface area (Å²) in [4.78, 5) is 12.1. The van der Waals surface area contributed by atoms with Crippen LogP contribution in [0.15, 0.2) is 53.0 Å². The van der Waals surface area contributed by atoms with Gasteiger partial charge in [0.2, 0.25) is 0 Å². The van der Waals surface area contributed by atoms with Crippen molar-refractivity contribution in [1.29, 1.82) is 0 Å². The molecule has 0 spiro atoms. The van der Waals surface area contributed by atoms with E-state index in [1.165, 1.54) is 0 Å². The van der Waals surface area contributed by atoms with Crippen molar-refractivity contribution in [1.82, 2.24) is 0 Å². The molecule has 0 saturated heterocycles. The molecular weight excluding hydrogens is 388 g/mol. The fourth-order valence-electron chi connectivity index (χ4n) is 3.30. The number of rotatable bonds is 1. The molecule has 0 saturated carbocycles. The summed E-state index contributed by atoms with van der Waals surface area (Å²) in [7, 11) is 0. The summed E-state index contributed by atoms with van der Waals surface area (Å²) in [5.74, 6) is 0.382. The Hall–Kier alpha value is -1.84. The highest BCUT2D eigenvalue weighted by molar-refractivity contribution is 9.10. The van der Waals surface area contributed by atoms with E-state index < -0.39 is 0 Å². The number of halogens is 2. The van der Waals surface area contributed by atoms with E-state index in [2.05, 4.69) is 28.1 Å². The van der Waals surface area contributed by atoms with Gasteiger partial charge in [0.25, 0.3) is 0 Å². The minimum absolute atomic E-state index is 0.0516. The van der Waals surface area contributed by atoms with Crippen LogP contribution < -0.4 is 4.74 Å². The monoisotopic (exact) mass is 400 g/mol. The number of carbonyl (C=O) groups is 1. The van der Waals surface area contributed by atoms with E-state index in [0.29, 0.717) is 12.2 Å². The third-order valence-corrected chi connectivity index (χ3v) is 5.43. The third-order valence-electron chi connectivity index (χ3n) is 4.52. The van der Waals surface area contributed by atoms with Crippen LogP contribution in [0, 0.1) is 6.92 Å². The van der Waals surface area contributed by atoms with Crippen LogP contribution >= 0.6 is 27.5 Å². The summed E-state index contributed by atoms with van der Waals surface area (Å²) in [5, 5.41) is 2.94. The quantitative estimate of drug-likeness (QED) is 0.369. The van der Waals surface area contributed by atoms with Crippen LogP contribution in [0.5, 0.6) is 5.75 Å². The molecule has 3 aromatic carbocycles. The van der Waals surface area contributed by atoms with Crippen molar-refractivity contribution >= 4 is 44.3 Å². The van der Waals surface area contributed by atoms with E-state index in [-0.39, 0.29) is 11.9 Å². The first-order chi connectivity index (χ1) is 11.5. The molecule has 0 fully saturated rings. The van der Waals surface area contributed by atoms with Gasteiger partial charge in [0, 0.05) is 21.0 Å². The van der Waals surface area contributed by atoms with Crippen LogP contribution in [0.1, 0.15) is 29.0 Å². The van der Waals surface area contributed by atoms with E-state index in [1.807, 2.05) is 43.3 Å². The lowest BCUT2D eigenvalue weighted by atomic mass is 9.83. The topological polar surface area (TPSA) is 26.3 Å². The molecule has 4 heteroatoms. The van der Waals surface area contributed by atoms with Gasteiger partial charge in [-0.3, -0.25) is 4.79 Å². The Morgan fingerprint density at radius 3 is 2.75 bits per heavy atom. The summed E-state index contributed by atoms with van der Waals surface area (Å²) in [6, 6.07) is 16.0. The highest BCUT2D eigenvalue weighted by atomic mass is 79.9. The van der Waals surface area contributed by atoms with Crippen LogP contribution in [-0.4, -0.2) is 5.97 Å². The van der Waals surface area contributed by atoms with Gasteiger partial charge in [-0.1, -0.05) is 51.8 Å². The lowest BCUT2D eigenvalue weighted by Crippen LogP contribution is -2.21. The molecule has 3 aromatic rings. The Labute approximate surface area is 153 Å². The number of hydrogen-bond acceptors (Lipinski definition) is 2. The first-order valence-corrected chi connectivity index (χ1v) is 8.89. The molecule has 0 radical (unpaired) electrons. The van der Waals surface area contributed by atoms with E-state index >= 15 is 0 Å². The SMILES string of the molecule is Cc1ccc(C2CC(=O)Oc3ccc4cc(Br)ccc4c32)cc1Cl. The molecule has 1 aliphatic rings. The Kier molecular flexibility index (Phi) is 3.86. The first kappa shape index (κ1) is 15.7. The fourth-order valence-corrected chi connectivity index (χ4v) is 3.86. The first-order valence-electron chi connectivity index (χ1n) is 7.72. The van der Waals surface area contributed by atoms with Gasteiger partial charge in [-0.25, -0.2) is 0 Å². The second kappa shape index (κ2) is 5.91. The van der Waals surface area contributed by atoms with Gasteiger partial charge in [0.05, 0.1) is 6.42 Å². The zero-order valence-electron chi connectivity index (χ0n) is 13.0. The Balaban J connectivity index is 1.97. The molecule has 0 bridgehead atoms. The van der Waals surface area contributed by atoms with Gasteiger partial charge < -0.3 is 4.74 Å². The molecule has 0 N–H and O–H groups in total. The minimum atomic E-state index is -0.208. The maximum absolute atomic E-state index is 12.1. The lowest BCUT2D eigenvalue weighted by Gasteiger charge is -2.26. The number of carbonyl (C=O) groups excluding carboxylic acids is 1. The van der Waals surface area contributed by atoms with E-state index in [0.717, 1.165) is 37.0 Å². The standard InChI is InChI=1S/C20H14BrClO2/c1-11-2-3-13(9-17(11)22)16-10-19(23)24-18-7-4-12-8-14(21)5-6-15(12)20(16)18/h2-9,16H,10H2,1H3. The van der Waals surface area contributed by atoms with Gasteiger partial charge in [0.1, 0.15) is 5.75 Å². The van der Waals surface area contributed by atoms with Gasteiger partial charge in [-0.05, 0) is 53.1 Å². The minimum Gasteiger partial charge on any atom is -0.426 e. The lowest BCUT2D eigenvalue weighted by molar-refractivity contribution is -0.135. The summed E-state index contributed by atoms with van der Waals surface area (Å²) >= 11 is 9.83. The zero-order valence-corrected chi connectivity index (χ0v) is 15.3. The Bertz CT molecular complexity index is 981. The fraction of sp³-hybridized carbons (Fsp3) is 0.150. The van der Waals surface area contributed by atoms with Gasteiger partial charge in [0.15, 0.2) is 0 Å².